The lowest BCUT2D eigenvalue weighted by Gasteiger charge is -1.89. The van der Waals surface area contributed by atoms with Gasteiger partial charge in [0.15, 0.2) is 0 Å². The monoisotopic (exact) mass is 221 g/mol. The van der Waals surface area contributed by atoms with E-state index in [1.54, 1.807) is 6.08 Å². The maximum absolute atomic E-state index is 5.39. The predicted molar refractivity (Wildman–Crippen MR) is 49.9 cm³/mol. The van der Waals surface area contributed by atoms with Gasteiger partial charge in [0.2, 0.25) is 0 Å². The number of hydrogen-bond donors (Lipinski definition) is 1. The summed E-state index contributed by atoms with van der Waals surface area (Å²) in [5.41, 5.74) is 7.25. The van der Waals surface area contributed by atoms with Crippen LogP contribution in [0.2, 0.25) is 0 Å². The second-order valence-corrected chi connectivity index (χ2v) is 2.77. The van der Waals surface area contributed by atoms with E-state index in [-0.39, 0.29) is 0 Å². The third-order valence-electron chi connectivity index (χ3n) is 0.756. The average Bonchev–Trinajstić information content (AvgIpc) is 1.88. The zero-order valence-corrected chi connectivity index (χ0v) is 7.98. The van der Waals surface area contributed by atoms with Crippen molar-refractivity contribution in [3.63, 3.8) is 0 Å². The van der Waals surface area contributed by atoms with E-state index in [9.17, 15) is 0 Å². The van der Waals surface area contributed by atoms with Gasteiger partial charge in [0, 0.05) is 15.7 Å². The van der Waals surface area contributed by atoms with Gasteiger partial charge in [-0.25, -0.2) is 0 Å². The van der Waals surface area contributed by atoms with Crippen LogP contribution in [0, 0.1) is 0 Å². The maximum Gasteiger partial charge on any atom is 0.0440 e. The molecule has 0 spiro atoms. The van der Waals surface area contributed by atoms with Gasteiger partial charge in [-0.05, 0) is 13.0 Å². The molecule has 10 heavy (non-hydrogen) atoms. The van der Waals surface area contributed by atoms with E-state index in [0.29, 0.717) is 5.70 Å². The molecule has 0 aromatic heterocycles. The van der Waals surface area contributed by atoms with Crippen molar-refractivity contribution < 1.29 is 0 Å². The lowest BCUT2D eigenvalue weighted by atomic mass is 10.4. The van der Waals surface area contributed by atoms with Crippen LogP contribution in [0.15, 0.2) is 33.9 Å². The molecule has 0 rings (SSSR count). The molecule has 0 fully saturated rings. The number of halogens is 2. The van der Waals surface area contributed by atoms with Crippen LogP contribution in [0.1, 0.15) is 6.92 Å². The van der Waals surface area contributed by atoms with Gasteiger partial charge in [0.25, 0.3) is 0 Å². The van der Waals surface area contributed by atoms with Crippen LogP contribution in [0.5, 0.6) is 0 Å². The van der Waals surface area contributed by atoms with Crippen molar-refractivity contribution in [3.05, 3.63) is 33.9 Å². The minimum absolute atomic E-state index is 0.534. The van der Waals surface area contributed by atoms with Crippen molar-refractivity contribution in [1.82, 2.24) is 0 Å². The average molecular weight is 223 g/mol. The smallest absolute Gasteiger partial charge is 0.0440 e. The van der Waals surface area contributed by atoms with Gasteiger partial charge in [-0.15, -0.1) is 0 Å². The van der Waals surface area contributed by atoms with Crippen LogP contribution in [0.4, 0.5) is 0 Å². The Morgan fingerprint density at radius 1 is 1.60 bits per heavy atom. The van der Waals surface area contributed by atoms with E-state index >= 15 is 0 Å². The second kappa shape index (κ2) is 5.57. The van der Waals surface area contributed by atoms with Crippen molar-refractivity contribution in [2.45, 2.75) is 6.92 Å². The molecule has 1 nitrogen and oxygen atoms in total. The van der Waals surface area contributed by atoms with E-state index in [1.807, 2.05) is 19.1 Å². The highest BCUT2D eigenvalue weighted by Gasteiger charge is 1.84. The minimum atomic E-state index is 0.534. The van der Waals surface area contributed by atoms with E-state index < -0.39 is 0 Å². The van der Waals surface area contributed by atoms with Gasteiger partial charge < -0.3 is 5.73 Å². The summed E-state index contributed by atoms with van der Waals surface area (Å²) in [6.07, 6.45) is 5.52. The normalized spacial score (nSPS) is 14.7. The Bertz CT molecular complexity index is 182. The molecule has 3 heteroatoms. The number of allylic oxidation sites excluding steroid dienone is 4. The van der Waals surface area contributed by atoms with Gasteiger partial charge in [-0.2, -0.15) is 0 Å². The molecule has 0 bridgehead atoms. The van der Waals surface area contributed by atoms with E-state index in [1.165, 1.54) is 5.54 Å². The Kier molecular flexibility index (Phi) is 5.45. The summed E-state index contributed by atoms with van der Waals surface area (Å²) >= 11 is 8.59. The first-order chi connectivity index (χ1) is 4.70. The Labute approximate surface area is 74.4 Å². The van der Waals surface area contributed by atoms with Gasteiger partial charge in [0.05, 0.1) is 0 Å². The molecule has 56 valence electrons. The van der Waals surface area contributed by atoms with Crippen LogP contribution in [-0.2, 0) is 0 Å². The molecule has 0 aliphatic carbocycles. The van der Waals surface area contributed by atoms with Crippen LogP contribution < -0.4 is 5.73 Å². The molecule has 0 amide bonds. The topological polar surface area (TPSA) is 26.0 Å². The van der Waals surface area contributed by atoms with Crippen LogP contribution in [0.3, 0.4) is 0 Å². The number of hydrogen-bond acceptors (Lipinski definition) is 1. The highest BCUT2D eigenvalue weighted by molar-refractivity contribution is 9.11. The van der Waals surface area contributed by atoms with Crippen LogP contribution in [-0.4, -0.2) is 0 Å². The molecule has 0 atom stereocenters. The van der Waals surface area contributed by atoms with E-state index in [2.05, 4.69) is 15.9 Å². The maximum atomic E-state index is 5.39. The Hall–Kier alpha value is -0.210. The molecule has 0 heterocycles. The highest BCUT2D eigenvalue weighted by atomic mass is 79.9. The van der Waals surface area contributed by atoms with E-state index in [4.69, 9.17) is 17.3 Å². The first-order valence-corrected chi connectivity index (χ1v) is 3.99. The largest absolute Gasteiger partial charge is 0.398 e. The summed E-state index contributed by atoms with van der Waals surface area (Å²) in [5, 5.41) is 0. The summed E-state index contributed by atoms with van der Waals surface area (Å²) < 4.78 is 0.907. The fourth-order valence-electron chi connectivity index (χ4n) is 0.398. The standard InChI is InChI=1S/C7H9BrClN/c1-2-3-6(8)4-7(10)5-9/h2-5H,10H2,1H3/b3-2-,6-4+,7-5-. The molecule has 0 aliphatic heterocycles. The summed E-state index contributed by atoms with van der Waals surface area (Å²) in [6, 6.07) is 0. The summed E-state index contributed by atoms with van der Waals surface area (Å²) in [5.74, 6) is 0. The molecule has 0 saturated heterocycles. The number of rotatable bonds is 2. The third-order valence-corrected chi connectivity index (χ3v) is 1.50. The summed E-state index contributed by atoms with van der Waals surface area (Å²) in [4.78, 5) is 0. The number of nitrogens with two attached hydrogens (primary N) is 1. The van der Waals surface area contributed by atoms with Crippen LogP contribution in [0.25, 0.3) is 0 Å². The highest BCUT2D eigenvalue weighted by Crippen LogP contribution is 2.08. The Balaban J connectivity index is 4.16. The molecular weight excluding hydrogens is 213 g/mol. The minimum Gasteiger partial charge on any atom is -0.398 e. The van der Waals surface area contributed by atoms with Gasteiger partial charge >= 0.3 is 0 Å². The van der Waals surface area contributed by atoms with Crippen molar-refractivity contribution >= 4 is 27.5 Å². The van der Waals surface area contributed by atoms with Gasteiger partial charge in [-0.1, -0.05) is 39.7 Å². The lowest BCUT2D eigenvalue weighted by molar-refractivity contribution is 1.44. The second-order valence-electron chi connectivity index (χ2n) is 1.64. The summed E-state index contributed by atoms with van der Waals surface area (Å²) in [7, 11) is 0. The molecule has 2 N–H and O–H groups in total. The quantitative estimate of drug-likeness (QED) is 0.715. The van der Waals surface area contributed by atoms with Gasteiger partial charge in [-0.3, -0.25) is 0 Å². The predicted octanol–water partition coefficient (Wildman–Crippen LogP) is 2.88. The first kappa shape index (κ1) is 9.79. The molecule has 0 aliphatic rings. The van der Waals surface area contributed by atoms with Gasteiger partial charge in [0.1, 0.15) is 0 Å². The van der Waals surface area contributed by atoms with Crippen molar-refractivity contribution in [1.29, 1.82) is 0 Å². The third kappa shape index (κ3) is 4.65. The first-order valence-electron chi connectivity index (χ1n) is 2.76. The molecular formula is C7H9BrClN. The molecule has 0 aromatic rings. The van der Waals surface area contributed by atoms with Crippen LogP contribution >= 0.6 is 27.5 Å². The fraction of sp³-hybridized carbons (Fsp3) is 0.143. The Morgan fingerprint density at radius 2 is 2.20 bits per heavy atom. The lowest BCUT2D eigenvalue weighted by Crippen LogP contribution is -1.90. The zero-order valence-electron chi connectivity index (χ0n) is 5.64. The molecule has 0 aromatic carbocycles. The summed E-state index contributed by atoms with van der Waals surface area (Å²) in [6.45, 7) is 1.93. The van der Waals surface area contributed by atoms with Crippen molar-refractivity contribution in [2.24, 2.45) is 5.73 Å². The Morgan fingerprint density at radius 3 is 2.60 bits per heavy atom. The van der Waals surface area contributed by atoms with E-state index in [0.717, 1.165) is 4.48 Å². The SMILES string of the molecule is C\C=C/C(Br)=C\C(N)=C\Cl. The fourth-order valence-corrected chi connectivity index (χ4v) is 0.990. The molecule has 0 unspecified atom stereocenters. The molecule has 0 saturated carbocycles. The van der Waals surface area contributed by atoms with Crippen molar-refractivity contribution in [3.8, 4) is 0 Å². The molecule has 0 radical (unpaired) electrons. The zero-order chi connectivity index (χ0) is 7.98. The van der Waals surface area contributed by atoms with Crippen molar-refractivity contribution in [2.75, 3.05) is 0 Å².